The van der Waals surface area contributed by atoms with E-state index in [1.165, 1.54) is 0 Å². The van der Waals surface area contributed by atoms with Crippen molar-refractivity contribution < 1.29 is 9.53 Å². The van der Waals surface area contributed by atoms with E-state index in [-0.39, 0.29) is 12.4 Å². The van der Waals surface area contributed by atoms with Gasteiger partial charge in [0.25, 0.3) is 0 Å². The summed E-state index contributed by atoms with van der Waals surface area (Å²) in [6, 6.07) is 7.51. The zero-order valence-electron chi connectivity index (χ0n) is 10.5. The number of carbonyl (C=O) groups excluding carboxylic acids is 1. The highest BCUT2D eigenvalue weighted by Crippen LogP contribution is 2.28. The molecule has 0 aliphatic rings. The van der Waals surface area contributed by atoms with E-state index in [2.05, 4.69) is 31.9 Å². The van der Waals surface area contributed by atoms with Crippen molar-refractivity contribution in [2.75, 3.05) is 6.61 Å². The van der Waals surface area contributed by atoms with Gasteiger partial charge in [-0.1, -0.05) is 15.9 Å². The molecule has 0 unspecified atom stereocenters. The van der Waals surface area contributed by atoms with Crippen molar-refractivity contribution in [3.63, 3.8) is 0 Å². The van der Waals surface area contributed by atoms with Crippen LogP contribution in [0.15, 0.2) is 33.2 Å². The maximum atomic E-state index is 12.1. The largest absolute Gasteiger partial charge is 0.484 e. The molecule has 0 saturated carbocycles. The fraction of sp³-hybridized carbons (Fsp3) is 0.214. The van der Waals surface area contributed by atoms with E-state index >= 15 is 0 Å². The third-order valence-electron chi connectivity index (χ3n) is 2.59. The maximum Gasteiger partial charge on any atom is 0.201 e. The number of carbonyl (C=O) groups is 1. The molecule has 2 nitrogen and oxygen atoms in total. The minimum atomic E-state index is 0.0108. The van der Waals surface area contributed by atoms with Crippen LogP contribution in [0.5, 0.6) is 5.75 Å². The highest BCUT2D eigenvalue weighted by atomic mass is 79.9. The van der Waals surface area contributed by atoms with E-state index in [1.54, 1.807) is 11.3 Å². The first-order chi connectivity index (χ1) is 8.97. The zero-order valence-corrected chi connectivity index (χ0v) is 14.5. The molecule has 0 aliphatic carbocycles. The van der Waals surface area contributed by atoms with Gasteiger partial charge in [0.2, 0.25) is 5.78 Å². The van der Waals surface area contributed by atoms with Crippen LogP contribution < -0.4 is 4.74 Å². The van der Waals surface area contributed by atoms with Gasteiger partial charge in [-0.25, -0.2) is 0 Å². The molecule has 5 heteroatoms. The second-order valence-corrected chi connectivity index (χ2v) is 7.34. The Bertz CT molecular complexity index is 620. The SMILES string of the molecule is Cc1cc(C(=O)COc2ccc(Br)cc2Br)c(C)s1. The van der Waals surface area contributed by atoms with Crippen molar-refractivity contribution in [2.45, 2.75) is 13.8 Å². The molecule has 0 aliphatic heterocycles. The van der Waals surface area contributed by atoms with Crippen LogP contribution in [0, 0.1) is 13.8 Å². The summed E-state index contributed by atoms with van der Waals surface area (Å²) in [6.07, 6.45) is 0. The van der Waals surface area contributed by atoms with Gasteiger partial charge < -0.3 is 4.74 Å². The quantitative estimate of drug-likeness (QED) is 0.659. The minimum absolute atomic E-state index is 0.0108. The molecule has 2 aromatic rings. The molecule has 0 fully saturated rings. The summed E-state index contributed by atoms with van der Waals surface area (Å²) in [6.45, 7) is 4.01. The predicted octanol–water partition coefficient (Wildman–Crippen LogP) is 5.15. The van der Waals surface area contributed by atoms with Crippen LogP contribution in [0.4, 0.5) is 0 Å². The van der Waals surface area contributed by atoms with Crippen LogP contribution in [0.1, 0.15) is 20.1 Å². The van der Waals surface area contributed by atoms with E-state index in [4.69, 9.17) is 4.74 Å². The molecule has 0 saturated heterocycles. The molecule has 100 valence electrons. The van der Waals surface area contributed by atoms with Crippen molar-refractivity contribution in [1.82, 2.24) is 0 Å². The van der Waals surface area contributed by atoms with Crippen molar-refractivity contribution in [1.29, 1.82) is 0 Å². The van der Waals surface area contributed by atoms with Gasteiger partial charge in [-0.3, -0.25) is 4.79 Å². The number of hydrogen-bond donors (Lipinski definition) is 0. The van der Waals surface area contributed by atoms with Crippen molar-refractivity contribution >= 4 is 49.0 Å². The number of ether oxygens (including phenoxy) is 1. The molecule has 1 aromatic heterocycles. The molecule has 0 spiro atoms. The number of benzene rings is 1. The topological polar surface area (TPSA) is 26.3 Å². The summed E-state index contributed by atoms with van der Waals surface area (Å²) in [7, 11) is 0. The van der Waals surface area contributed by atoms with Gasteiger partial charge >= 0.3 is 0 Å². The smallest absolute Gasteiger partial charge is 0.201 e. The number of rotatable bonds is 4. The lowest BCUT2D eigenvalue weighted by molar-refractivity contribution is 0.0921. The van der Waals surface area contributed by atoms with Gasteiger partial charge in [-0.15, -0.1) is 11.3 Å². The third kappa shape index (κ3) is 3.68. The highest BCUT2D eigenvalue weighted by Gasteiger charge is 2.13. The summed E-state index contributed by atoms with van der Waals surface area (Å²) in [4.78, 5) is 14.3. The summed E-state index contributed by atoms with van der Waals surface area (Å²) in [5, 5.41) is 0. The van der Waals surface area contributed by atoms with Crippen molar-refractivity contribution in [3.8, 4) is 5.75 Å². The first kappa shape index (κ1) is 14.8. The van der Waals surface area contributed by atoms with Crippen LogP contribution in [-0.2, 0) is 0 Å². The summed E-state index contributed by atoms with van der Waals surface area (Å²) in [5.74, 6) is 0.679. The van der Waals surface area contributed by atoms with E-state index in [0.717, 1.165) is 24.3 Å². The van der Waals surface area contributed by atoms with Gasteiger partial charge in [0.1, 0.15) is 5.75 Å². The molecule has 19 heavy (non-hydrogen) atoms. The molecule has 0 bridgehead atoms. The number of aryl methyl sites for hydroxylation is 2. The molecule has 1 heterocycles. The predicted molar refractivity (Wildman–Crippen MR) is 85.5 cm³/mol. The van der Waals surface area contributed by atoms with E-state index < -0.39 is 0 Å². The number of Topliss-reactive ketones (excluding diaryl/α,β-unsaturated/α-hetero) is 1. The van der Waals surface area contributed by atoms with Gasteiger partial charge in [0.15, 0.2) is 6.61 Å². The molecule has 2 rings (SSSR count). The van der Waals surface area contributed by atoms with Crippen LogP contribution in [0.3, 0.4) is 0 Å². The van der Waals surface area contributed by atoms with Gasteiger partial charge in [0.05, 0.1) is 4.47 Å². The van der Waals surface area contributed by atoms with E-state index in [1.807, 2.05) is 38.1 Å². The van der Waals surface area contributed by atoms with E-state index in [9.17, 15) is 4.79 Å². The number of ketones is 1. The number of hydrogen-bond acceptors (Lipinski definition) is 3. The fourth-order valence-electron chi connectivity index (χ4n) is 1.72. The standard InChI is InChI=1S/C14H12Br2O2S/c1-8-5-11(9(2)19-8)13(17)7-18-14-4-3-10(15)6-12(14)16/h3-6H,7H2,1-2H3. The maximum absolute atomic E-state index is 12.1. The summed E-state index contributed by atoms with van der Waals surface area (Å²) >= 11 is 8.41. The fourth-order valence-corrected chi connectivity index (χ4v) is 3.82. The first-order valence-corrected chi connectivity index (χ1v) is 8.05. The Kier molecular flexibility index (Phi) is 4.81. The average Bonchev–Trinajstić information content (AvgIpc) is 2.67. The van der Waals surface area contributed by atoms with Crippen LogP contribution in [0.25, 0.3) is 0 Å². The molecule has 0 amide bonds. The Hall–Kier alpha value is -0.650. The zero-order chi connectivity index (χ0) is 14.0. The molecule has 0 radical (unpaired) electrons. The minimum Gasteiger partial charge on any atom is -0.484 e. The number of thiophene rings is 1. The monoisotopic (exact) mass is 402 g/mol. The van der Waals surface area contributed by atoms with Crippen LogP contribution in [0.2, 0.25) is 0 Å². The lowest BCUT2D eigenvalue weighted by atomic mass is 10.2. The van der Waals surface area contributed by atoms with Crippen molar-refractivity contribution in [2.24, 2.45) is 0 Å². The summed E-state index contributed by atoms with van der Waals surface area (Å²) < 4.78 is 7.35. The van der Waals surface area contributed by atoms with Crippen LogP contribution in [-0.4, -0.2) is 12.4 Å². The van der Waals surface area contributed by atoms with Gasteiger partial charge in [-0.05, 0) is 54.0 Å². The van der Waals surface area contributed by atoms with E-state index in [0.29, 0.717) is 5.75 Å². The van der Waals surface area contributed by atoms with Crippen molar-refractivity contribution in [3.05, 3.63) is 48.5 Å². The van der Waals surface area contributed by atoms with Gasteiger partial charge in [0, 0.05) is 19.8 Å². The Morgan fingerprint density at radius 3 is 2.58 bits per heavy atom. The molecular weight excluding hydrogens is 392 g/mol. The third-order valence-corrected chi connectivity index (χ3v) is 4.67. The molecule has 0 N–H and O–H groups in total. The second kappa shape index (κ2) is 6.20. The lowest BCUT2D eigenvalue weighted by Gasteiger charge is -2.07. The Morgan fingerprint density at radius 1 is 1.26 bits per heavy atom. The highest BCUT2D eigenvalue weighted by molar-refractivity contribution is 9.11. The molecule has 1 aromatic carbocycles. The Labute approximate surface area is 133 Å². The Balaban J connectivity index is 2.06. The Morgan fingerprint density at radius 2 is 2.00 bits per heavy atom. The normalized spacial score (nSPS) is 10.5. The lowest BCUT2D eigenvalue weighted by Crippen LogP contribution is -2.11. The average molecular weight is 404 g/mol. The number of halogens is 2. The first-order valence-electron chi connectivity index (χ1n) is 5.65. The second-order valence-electron chi connectivity index (χ2n) is 4.11. The van der Waals surface area contributed by atoms with Crippen LogP contribution >= 0.6 is 43.2 Å². The molecule has 0 atom stereocenters. The summed E-state index contributed by atoms with van der Waals surface area (Å²) in [5.41, 5.74) is 0.760. The molecular formula is C14H12Br2O2S. The van der Waals surface area contributed by atoms with Gasteiger partial charge in [-0.2, -0.15) is 0 Å².